The SMILES string of the molecule is N#CCC(=O)Nc1ccc2ccc(=O)[nH]c2c1. The molecule has 0 saturated carbocycles. The minimum atomic E-state index is -0.370. The molecule has 17 heavy (non-hydrogen) atoms. The number of hydrogen-bond donors (Lipinski definition) is 2. The first-order valence-corrected chi connectivity index (χ1v) is 4.99. The number of aromatic nitrogens is 1. The number of fused-ring (bicyclic) bond motifs is 1. The highest BCUT2D eigenvalue weighted by Gasteiger charge is 2.02. The number of carbonyl (C=O) groups is 1. The van der Waals surface area contributed by atoms with E-state index in [0.29, 0.717) is 11.2 Å². The summed E-state index contributed by atoms with van der Waals surface area (Å²) < 4.78 is 0. The molecule has 0 unspecified atom stereocenters. The maximum absolute atomic E-state index is 11.2. The van der Waals surface area contributed by atoms with Gasteiger partial charge in [0.15, 0.2) is 0 Å². The van der Waals surface area contributed by atoms with Gasteiger partial charge in [0.05, 0.1) is 11.6 Å². The van der Waals surface area contributed by atoms with E-state index in [1.807, 2.05) is 0 Å². The lowest BCUT2D eigenvalue weighted by Crippen LogP contribution is -2.10. The number of pyridine rings is 1. The van der Waals surface area contributed by atoms with Crippen LogP contribution in [0.15, 0.2) is 35.1 Å². The molecular formula is C12H9N3O2. The zero-order valence-electron chi connectivity index (χ0n) is 8.86. The molecule has 1 aromatic carbocycles. The molecule has 5 heteroatoms. The normalized spacial score (nSPS) is 9.82. The molecular weight excluding hydrogens is 218 g/mol. The van der Waals surface area contributed by atoms with Crippen molar-refractivity contribution in [2.75, 3.05) is 5.32 Å². The molecule has 5 nitrogen and oxygen atoms in total. The van der Waals surface area contributed by atoms with E-state index < -0.39 is 0 Å². The van der Waals surface area contributed by atoms with E-state index in [1.54, 1.807) is 30.3 Å². The quantitative estimate of drug-likeness (QED) is 0.812. The van der Waals surface area contributed by atoms with E-state index in [2.05, 4.69) is 10.3 Å². The van der Waals surface area contributed by atoms with E-state index in [9.17, 15) is 9.59 Å². The van der Waals surface area contributed by atoms with E-state index in [4.69, 9.17) is 5.26 Å². The summed E-state index contributed by atoms with van der Waals surface area (Å²) in [7, 11) is 0. The molecule has 0 aliphatic carbocycles. The monoisotopic (exact) mass is 227 g/mol. The smallest absolute Gasteiger partial charge is 0.248 e. The Balaban J connectivity index is 2.34. The van der Waals surface area contributed by atoms with Crippen LogP contribution in [0.2, 0.25) is 0 Å². The molecule has 1 heterocycles. The topological polar surface area (TPSA) is 85.8 Å². The summed E-state index contributed by atoms with van der Waals surface area (Å²) >= 11 is 0. The molecule has 2 aromatic rings. The zero-order valence-corrected chi connectivity index (χ0v) is 8.86. The summed E-state index contributed by atoms with van der Waals surface area (Å²) in [4.78, 5) is 25.0. The van der Waals surface area contributed by atoms with Gasteiger partial charge in [0.1, 0.15) is 6.42 Å². The molecule has 84 valence electrons. The largest absolute Gasteiger partial charge is 0.325 e. The number of benzene rings is 1. The lowest BCUT2D eigenvalue weighted by atomic mass is 10.2. The molecule has 2 N–H and O–H groups in total. The van der Waals surface area contributed by atoms with Crippen molar-refractivity contribution in [2.24, 2.45) is 0 Å². The molecule has 0 saturated heterocycles. The molecule has 0 spiro atoms. The van der Waals surface area contributed by atoms with Crippen LogP contribution < -0.4 is 10.9 Å². The number of rotatable bonds is 2. The Kier molecular flexibility index (Phi) is 2.88. The number of nitrogens with one attached hydrogen (secondary N) is 2. The van der Waals surface area contributed by atoms with Gasteiger partial charge in [-0.25, -0.2) is 0 Å². The van der Waals surface area contributed by atoms with Crippen LogP contribution in [0.5, 0.6) is 0 Å². The van der Waals surface area contributed by atoms with E-state index in [0.717, 1.165) is 5.39 Å². The number of carbonyl (C=O) groups excluding carboxylic acids is 1. The Hall–Kier alpha value is -2.61. The van der Waals surface area contributed by atoms with Gasteiger partial charge in [0.2, 0.25) is 11.5 Å². The molecule has 0 aliphatic rings. The van der Waals surface area contributed by atoms with Gasteiger partial charge in [0, 0.05) is 11.8 Å². The number of hydrogen-bond acceptors (Lipinski definition) is 3. The summed E-state index contributed by atoms with van der Waals surface area (Å²) in [5.41, 5.74) is 1.00. The molecule has 0 bridgehead atoms. The summed E-state index contributed by atoms with van der Waals surface area (Å²) in [6.45, 7) is 0. The molecule has 0 radical (unpaired) electrons. The molecule has 0 aliphatic heterocycles. The first-order chi connectivity index (χ1) is 8.19. The highest BCUT2D eigenvalue weighted by atomic mass is 16.1. The van der Waals surface area contributed by atoms with Crippen LogP contribution in [0.1, 0.15) is 6.42 Å². The number of H-pyrrole nitrogens is 1. The Morgan fingerprint density at radius 2 is 2.12 bits per heavy atom. The predicted octanol–water partition coefficient (Wildman–Crippen LogP) is 1.38. The predicted molar refractivity (Wildman–Crippen MR) is 63.4 cm³/mol. The van der Waals surface area contributed by atoms with Gasteiger partial charge in [-0.15, -0.1) is 0 Å². The average molecular weight is 227 g/mol. The van der Waals surface area contributed by atoms with Crippen molar-refractivity contribution < 1.29 is 4.79 Å². The molecule has 0 fully saturated rings. The third-order valence-corrected chi connectivity index (χ3v) is 2.25. The van der Waals surface area contributed by atoms with Crippen LogP contribution in [0.3, 0.4) is 0 Å². The van der Waals surface area contributed by atoms with Crippen molar-refractivity contribution in [1.82, 2.24) is 4.98 Å². The lowest BCUT2D eigenvalue weighted by molar-refractivity contribution is -0.115. The molecule has 1 amide bonds. The first-order valence-electron chi connectivity index (χ1n) is 4.99. The van der Waals surface area contributed by atoms with Gasteiger partial charge in [0.25, 0.3) is 0 Å². The maximum atomic E-state index is 11.2. The summed E-state index contributed by atoms with van der Waals surface area (Å²) in [6.07, 6.45) is -0.191. The zero-order chi connectivity index (χ0) is 12.3. The number of amides is 1. The minimum absolute atomic E-state index is 0.191. The lowest BCUT2D eigenvalue weighted by Gasteiger charge is -2.04. The van der Waals surface area contributed by atoms with Crippen LogP contribution in [0, 0.1) is 11.3 Å². The van der Waals surface area contributed by atoms with Crippen LogP contribution >= 0.6 is 0 Å². The standard InChI is InChI=1S/C12H9N3O2/c13-6-5-12(17)14-9-3-1-8-2-4-11(16)15-10(8)7-9/h1-4,7H,5H2,(H,14,17)(H,15,16). The first kappa shape index (κ1) is 10.9. The molecule has 2 rings (SSSR count). The van der Waals surface area contributed by atoms with Crippen LogP contribution in [0.25, 0.3) is 10.9 Å². The van der Waals surface area contributed by atoms with E-state index >= 15 is 0 Å². The number of aromatic amines is 1. The third-order valence-electron chi connectivity index (χ3n) is 2.25. The Morgan fingerprint density at radius 1 is 1.35 bits per heavy atom. The van der Waals surface area contributed by atoms with Gasteiger partial charge in [-0.1, -0.05) is 6.07 Å². The summed E-state index contributed by atoms with van der Waals surface area (Å²) in [5.74, 6) is -0.370. The highest BCUT2D eigenvalue weighted by molar-refractivity contribution is 5.94. The van der Waals surface area contributed by atoms with Crippen molar-refractivity contribution >= 4 is 22.5 Å². The number of nitrogens with zero attached hydrogens (tertiary/aromatic N) is 1. The van der Waals surface area contributed by atoms with Gasteiger partial charge in [-0.3, -0.25) is 9.59 Å². The Bertz CT molecular complexity index is 667. The van der Waals surface area contributed by atoms with E-state index in [1.165, 1.54) is 6.07 Å². The van der Waals surface area contributed by atoms with Crippen LogP contribution in [-0.2, 0) is 4.79 Å². The minimum Gasteiger partial charge on any atom is -0.325 e. The second-order valence-electron chi connectivity index (χ2n) is 3.51. The fourth-order valence-electron chi connectivity index (χ4n) is 1.50. The van der Waals surface area contributed by atoms with E-state index in [-0.39, 0.29) is 17.9 Å². The van der Waals surface area contributed by atoms with Gasteiger partial charge in [-0.05, 0) is 23.6 Å². The van der Waals surface area contributed by atoms with Crippen molar-refractivity contribution in [3.63, 3.8) is 0 Å². The summed E-state index contributed by atoms with van der Waals surface area (Å²) in [6, 6.07) is 10.1. The van der Waals surface area contributed by atoms with Crippen LogP contribution in [0.4, 0.5) is 5.69 Å². The van der Waals surface area contributed by atoms with Gasteiger partial charge < -0.3 is 10.3 Å². The molecule has 1 aromatic heterocycles. The van der Waals surface area contributed by atoms with Crippen molar-refractivity contribution in [1.29, 1.82) is 5.26 Å². The van der Waals surface area contributed by atoms with Crippen LogP contribution in [-0.4, -0.2) is 10.9 Å². The molecule has 0 atom stereocenters. The highest BCUT2D eigenvalue weighted by Crippen LogP contribution is 2.15. The van der Waals surface area contributed by atoms with Gasteiger partial charge >= 0.3 is 0 Å². The average Bonchev–Trinajstić information content (AvgIpc) is 2.28. The maximum Gasteiger partial charge on any atom is 0.248 e. The Labute approximate surface area is 96.7 Å². The van der Waals surface area contributed by atoms with Crippen molar-refractivity contribution in [3.05, 3.63) is 40.7 Å². The second kappa shape index (κ2) is 4.49. The number of anilines is 1. The second-order valence-corrected chi connectivity index (χ2v) is 3.51. The van der Waals surface area contributed by atoms with Crippen molar-refractivity contribution in [2.45, 2.75) is 6.42 Å². The van der Waals surface area contributed by atoms with Crippen molar-refractivity contribution in [3.8, 4) is 6.07 Å². The fraction of sp³-hybridized carbons (Fsp3) is 0.0833. The summed E-state index contributed by atoms with van der Waals surface area (Å²) in [5, 5.41) is 11.8. The fourth-order valence-corrected chi connectivity index (χ4v) is 1.50. The number of nitriles is 1. The third kappa shape index (κ3) is 2.49. The Morgan fingerprint density at radius 3 is 2.88 bits per heavy atom. The van der Waals surface area contributed by atoms with Gasteiger partial charge in [-0.2, -0.15) is 5.26 Å².